The Labute approximate surface area is 87.7 Å². The molecule has 15 heavy (non-hydrogen) atoms. The maximum absolute atomic E-state index is 10.9. The van der Waals surface area contributed by atoms with E-state index in [-0.39, 0.29) is 11.3 Å². The van der Waals surface area contributed by atoms with Crippen molar-refractivity contribution in [1.82, 2.24) is 0 Å². The largest absolute Gasteiger partial charge is 0.478 e. The predicted octanol–water partition coefficient (Wildman–Crippen LogP) is 0.844. The highest BCUT2D eigenvalue weighted by Gasteiger charge is 2.09. The Morgan fingerprint density at radius 1 is 1.33 bits per heavy atom. The Balaban J connectivity index is 2.72. The van der Waals surface area contributed by atoms with Gasteiger partial charge in [-0.1, -0.05) is 12.1 Å². The van der Waals surface area contributed by atoms with E-state index in [4.69, 9.17) is 10.8 Å². The summed E-state index contributed by atoms with van der Waals surface area (Å²) in [6.45, 7) is 1.44. The van der Waals surface area contributed by atoms with Crippen LogP contribution in [-0.2, 0) is 11.2 Å². The number of Topliss-reactive ketones (excluding diaryl/α,β-unsaturated/α-hetero) is 1. The first-order valence-electron chi connectivity index (χ1n) is 4.59. The predicted molar refractivity (Wildman–Crippen MR) is 55.8 cm³/mol. The molecule has 4 heteroatoms. The molecule has 4 nitrogen and oxygen atoms in total. The van der Waals surface area contributed by atoms with E-state index in [1.54, 1.807) is 12.1 Å². The lowest BCUT2D eigenvalue weighted by atomic mass is 10.0. The van der Waals surface area contributed by atoms with Crippen molar-refractivity contribution in [3.05, 3.63) is 35.4 Å². The van der Waals surface area contributed by atoms with Crippen LogP contribution in [0.25, 0.3) is 0 Å². The SMILES string of the molecule is CC(=O)C(N)Cc1ccc(C(=O)O)cc1. The molecule has 0 radical (unpaired) electrons. The van der Waals surface area contributed by atoms with Crippen molar-refractivity contribution in [3.63, 3.8) is 0 Å². The zero-order valence-electron chi connectivity index (χ0n) is 8.43. The summed E-state index contributed by atoms with van der Waals surface area (Å²) in [5, 5.41) is 8.67. The van der Waals surface area contributed by atoms with Crippen molar-refractivity contribution in [2.45, 2.75) is 19.4 Å². The maximum atomic E-state index is 10.9. The molecule has 0 heterocycles. The number of nitrogens with two attached hydrogens (primary N) is 1. The number of ketones is 1. The van der Waals surface area contributed by atoms with Crippen molar-refractivity contribution in [2.75, 3.05) is 0 Å². The Morgan fingerprint density at radius 2 is 1.87 bits per heavy atom. The second-order valence-corrected chi connectivity index (χ2v) is 3.42. The Hall–Kier alpha value is -1.68. The lowest BCUT2D eigenvalue weighted by Gasteiger charge is -2.07. The van der Waals surface area contributed by atoms with Gasteiger partial charge in [-0.25, -0.2) is 4.79 Å². The Morgan fingerprint density at radius 3 is 2.27 bits per heavy atom. The summed E-state index contributed by atoms with van der Waals surface area (Å²) in [5.41, 5.74) is 6.68. The van der Waals surface area contributed by atoms with E-state index >= 15 is 0 Å². The number of benzene rings is 1. The molecule has 0 bridgehead atoms. The molecule has 0 fully saturated rings. The van der Waals surface area contributed by atoms with Gasteiger partial charge in [-0.05, 0) is 31.0 Å². The summed E-state index contributed by atoms with van der Waals surface area (Å²) in [6.07, 6.45) is 0.440. The number of carbonyl (C=O) groups excluding carboxylic acids is 1. The van der Waals surface area contributed by atoms with Gasteiger partial charge in [-0.2, -0.15) is 0 Å². The van der Waals surface area contributed by atoms with Crippen LogP contribution in [0.4, 0.5) is 0 Å². The van der Waals surface area contributed by atoms with Crippen LogP contribution in [0.2, 0.25) is 0 Å². The number of carboxylic acid groups (broad SMARTS) is 1. The lowest BCUT2D eigenvalue weighted by molar-refractivity contribution is -0.118. The van der Waals surface area contributed by atoms with E-state index in [2.05, 4.69) is 0 Å². The molecule has 80 valence electrons. The standard InChI is InChI=1S/C11H13NO3/c1-7(13)10(12)6-8-2-4-9(5-3-8)11(14)15/h2-5,10H,6,12H2,1H3,(H,14,15). The number of rotatable bonds is 4. The molecule has 0 aliphatic rings. The first-order valence-corrected chi connectivity index (χ1v) is 4.59. The molecule has 1 atom stereocenters. The minimum Gasteiger partial charge on any atom is -0.478 e. The fourth-order valence-electron chi connectivity index (χ4n) is 1.18. The van der Waals surface area contributed by atoms with E-state index in [9.17, 15) is 9.59 Å². The maximum Gasteiger partial charge on any atom is 0.335 e. The van der Waals surface area contributed by atoms with Crippen LogP contribution in [0.5, 0.6) is 0 Å². The minimum absolute atomic E-state index is 0.0719. The second kappa shape index (κ2) is 4.70. The summed E-state index contributed by atoms with van der Waals surface area (Å²) in [6, 6.07) is 5.84. The lowest BCUT2D eigenvalue weighted by Crippen LogP contribution is -2.30. The molecule has 1 aromatic rings. The van der Waals surface area contributed by atoms with Gasteiger partial charge in [0.2, 0.25) is 0 Å². The molecule has 1 aromatic carbocycles. The van der Waals surface area contributed by atoms with Crippen LogP contribution < -0.4 is 5.73 Å². The van der Waals surface area contributed by atoms with Crippen molar-refractivity contribution < 1.29 is 14.7 Å². The normalized spacial score (nSPS) is 12.1. The van der Waals surface area contributed by atoms with Gasteiger partial charge in [-0.15, -0.1) is 0 Å². The summed E-state index contributed by atoms with van der Waals surface area (Å²) in [4.78, 5) is 21.5. The fourth-order valence-corrected chi connectivity index (χ4v) is 1.18. The highest BCUT2D eigenvalue weighted by molar-refractivity contribution is 5.87. The van der Waals surface area contributed by atoms with Gasteiger partial charge in [-0.3, -0.25) is 4.79 Å². The summed E-state index contributed by atoms with van der Waals surface area (Å²) < 4.78 is 0. The topological polar surface area (TPSA) is 80.4 Å². The molecule has 1 rings (SSSR count). The van der Waals surface area contributed by atoms with E-state index in [1.807, 2.05) is 0 Å². The molecule has 0 aliphatic heterocycles. The van der Waals surface area contributed by atoms with Gasteiger partial charge in [0.15, 0.2) is 0 Å². The number of carbonyl (C=O) groups is 2. The molecule has 0 saturated carbocycles. The summed E-state index contributed by atoms with van der Waals surface area (Å²) in [7, 11) is 0. The Kier molecular flexibility index (Phi) is 3.57. The third kappa shape index (κ3) is 3.18. The Bertz CT molecular complexity index is 370. The minimum atomic E-state index is -0.961. The van der Waals surface area contributed by atoms with E-state index in [0.717, 1.165) is 5.56 Å². The smallest absolute Gasteiger partial charge is 0.335 e. The molecular weight excluding hydrogens is 194 g/mol. The van der Waals surface area contributed by atoms with Crippen molar-refractivity contribution in [3.8, 4) is 0 Å². The zero-order valence-corrected chi connectivity index (χ0v) is 8.43. The van der Waals surface area contributed by atoms with Gasteiger partial charge in [0, 0.05) is 0 Å². The first-order chi connectivity index (χ1) is 7.00. The van der Waals surface area contributed by atoms with Crippen LogP contribution >= 0.6 is 0 Å². The van der Waals surface area contributed by atoms with Gasteiger partial charge >= 0.3 is 5.97 Å². The number of hydrogen-bond donors (Lipinski definition) is 2. The van der Waals surface area contributed by atoms with Gasteiger partial charge in [0.25, 0.3) is 0 Å². The molecule has 0 aliphatic carbocycles. The highest BCUT2D eigenvalue weighted by atomic mass is 16.4. The molecule has 0 amide bonds. The van der Waals surface area contributed by atoms with E-state index < -0.39 is 12.0 Å². The van der Waals surface area contributed by atoms with Crippen LogP contribution in [0.3, 0.4) is 0 Å². The van der Waals surface area contributed by atoms with Gasteiger partial charge in [0.05, 0.1) is 11.6 Å². The number of aromatic carboxylic acids is 1. The average Bonchev–Trinajstić information content (AvgIpc) is 2.18. The van der Waals surface area contributed by atoms with Crippen LogP contribution in [-0.4, -0.2) is 22.9 Å². The van der Waals surface area contributed by atoms with Crippen molar-refractivity contribution in [2.24, 2.45) is 5.73 Å². The number of hydrogen-bond acceptors (Lipinski definition) is 3. The van der Waals surface area contributed by atoms with Gasteiger partial charge in [0.1, 0.15) is 5.78 Å². The summed E-state index contributed by atoms with van der Waals surface area (Å²) in [5.74, 6) is -1.03. The zero-order chi connectivity index (χ0) is 11.4. The highest BCUT2D eigenvalue weighted by Crippen LogP contribution is 2.06. The molecule has 3 N–H and O–H groups in total. The fraction of sp³-hybridized carbons (Fsp3) is 0.273. The number of carboxylic acids is 1. The molecule has 0 aromatic heterocycles. The van der Waals surface area contributed by atoms with Crippen molar-refractivity contribution >= 4 is 11.8 Å². The average molecular weight is 207 g/mol. The summed E-state index contributed by atoms with van der Waals surface area (Å²) >= 11 is 0. The van der Waals surface area contributed by atoms with E-state index in [1.165, 1.54) is 19.1 Å². The second-order valence-electron chi connectivity index (χ2n) is 3.42. The van der Waals surface area contributed by atoms with Gasteiger partial charge < -0.3 is 10.8 Å². The molecule has 0 spiro atoms. The third-order valence-corrected chi connectivity index (χ3v) is 2.18. The quantitative estimate of drug-likeness (QED) is 0.766. The molecular formula is C11H13NO3. The first kappa shape index (κ1) is 11.4. The molecule has 1 unspecified atom stereocenters. The van der Waals surface area contributed by atoms with Crippen LogP contribution in [0, 0.1) is 0 Å². The monoisotopic (exact) mass is 207 g/mol. The molecule has 0 saturated heterocycles. The third-order valence-electron chi connectivity index (χ3n) is 2.18. The van der Waals surface area contributed by atoms with Crippen LogP contribution in [0.15, 0.2) is 24.3 Å². The van der Waals surface area contributed by atoms with E-state index in [0.29, 0.717) is 6.42 Å². The van der Waals surface area contributed by atoms with Crippen LogP contribution in [0.1, 0.15) is 22.8 Å². The van der Waals surface area contributed by atoms with Crippen molar-refractivity contribution in [1.29, 1.82) is 0 Å².